The molecule has 0 amide bonds. The number of sulfonamides is 1. The van der Waals surface area contributed by atoms with E-state index in [4.69, 9.17) is 0 Å². The van der Waals surface area contributed by atoms with Gasteiger partial charge in [0.25, 0.3) is 0 Å². The molecule has 39 heavy (non-hydrogen) atoms. The second-order valence-corrected chi connectivity index (χ2v) is 12.7. The number of hydrogen-bond acceptors (Lipinski definition) is 8. The third-order valence-electron chi connectivity index (χ3n) is 8.37. The lowest BCUT2D eigenvalue weighted by Gasteiger charge is -2.37. The van der Waals surface area contributed by atoms with Crippen LogP contribution in [0.15, 0.2) is 53.7 Å². The van der Waals surface area contributed by atoms with Crippen molar-refractivity contribution in [2.75, 3.05) is 13.3 Å². The zero-order valence-corrected chi connectivity index (χ0v) is 22.8. The predicted molar refractivity (Wildman–Crippen MR) is 149 cm³/mol. The largest absolute Gasteiger partial charge is 0.329 e. The molecule has 0 radical (unpaired) electrons. The Morgan fingerprint density at radius 3 is 2.33 bits per heavy atom. The maximum atomic E-state index is 13.6. The molecule has 3 aliphatic heterocycles. The minimum atomic E-state index is -3.29. The molecule has 7 rings (SSSR count). The molecule has 0 spiro atoms. The summed E-state index contributed by atoms with van der Waals surface area (Å²) in [6, 6.07) is 9.88. The molecule has 2 unspecified atom stereocenters. The molecular formula is C27H30N8O3S. The van der Waals surface area contributed by atoms with Crippen LogP contribution >= 0.6 is 0 Å². The smallest absolute Gasteiger partial charge is 0.300 e. The van der Waals surface area contributed by atoms with Crippen molar-refractivity contribution in [1.82, 2.24) is 39.4 Å². The Kier molecular flexibility index (Phi) is 5.38. The van der Waals surface area contributed by atoms with Crippen LogP contribution in [-0.4, -0.2) is 62.2 Å². The molecule has 2 atom stereocenters. The number of aromatic nitrogens is 4. The second kappa shape index (κ2) is 8.63. The first-order valence-corrected chi connectivity index (χ1v) is 14.9. The minimum absolute atomic E-state index is 0.0707. The van der Waals surface area contributed by atoms with E-state index in [-0.39, 0.29) is 23.8 Å². The summed E-state index contributed by atoms with van der Waals surface area (Å²) in [6.45, 7) is 0. The molecule has 2 saturated heterocycles. The molecule has 202 valence electrons. The van der Waals surface area contributed by atoms with Crippen molar-refractivity contribution in [3.63, 3.8) is 0 Å². The molecule has 1 aromatic carbocycles. The quantitative estimate of drug-likeness (QED) is 0.401. The number of fused-ring (bicyclic) bond motifs is 5. The topological polar surface area (TPSA) is 117 Å². The fourth-order valence-electron chi connectivity index (χ4n) is 6.66. The summed E-state index contributed by atoms with van der Waals surface area (Å²) < 4.78 is 30.2. The van der Waals surface area contributed by atoms with Crippen molar-refractivity contribution in [3.8, 4) is 11.1 Å². The van der Waals surface area contributed by atoms with Gasteiger partial charge >= 0.3 is 5.69 Å². The second-order valence-electron chi connectivity index (χ2n) is 10.9. The van der Waals surface area contributed by atoms with Crippen LogP contribution in [0.4, 0.5) is 0 Å². The van der Waals surface area contributed by atoms with Crippen LogP contribution < -0.4 is 16.7 Å². The first kappa shape index (κ1) is 24.3. The highest BCUT2D eigenvalue weighted by atomic mass is 32.2. The highest BCUT2D eigenvalue weighted by Gasteiger charge is 2.46. The lowest BCUT2D eigenvalue weighted by molar-refractivity contribution is 0.194. The van der Waals surface area contributed by atoms with Crippen molar-refractivity contribution in [3.05, 3.63) is 65.1 Å². The maximum absolute atomic E-state index is 13.6. The van der Waals surface area contributed by atoms with Crippen LogP contribution in [0, 0.1) is 0 Å². The Hall–Kier alpha value is -3.74. The number of benzene rings is 1. The first-order chi connectivity index (χ1) is 18.7. The maximum Gasteiger partial charge on any atom is 0.329 e. The van der Waals surface area contributed by atoms with Crippen molar-refractivity contribution in [1.29, 1.82) is 0 Å². The van der Waals surface area contributed by atoms with Crippen molar-refractivity contribution >= 4 is 37.7 Å². The molecular weight excluding hydrogens is 516 g/mol. The number of hydrazine groups is 2. The molecule has 0 aliphatic carbocycles. The number of nitrogens with zero attached hydrogens (tertiary/aromatic N) is 6. The summed E-state index contributed by atoms with van der Waals surface area (Å²) in [5.74, 6) is 0. The molecule has 0 saturated carbocycles. The fourth-order valence-corrected chi connectivity index (χ4v) is 8.13. The summed E-state index contributed by atoms with van der Waals surface area (Å²) in [4.78, 5) is 22.9. The van der Waals surface area contributed by atoms with Gasteiger partial charge in [-0.3, -0.25) is 24.1 Å². The Morgan fingerprint density at radius 1 is 0.949 bits per heavy atom. The molecule has 11 nitrogen and oxygen atoms in total. The van der Waals surface area contributed by atoms with Gasteiger partial charge in [0.15, 0.2) is 0 Å². The number of hydrogen-bond donors (Lipinski definition) is 2. The normalized spacial score (nSPS) is 23.5. The number of pyridine rings is 2. The van der Waals surface area contributed by atoms with Crippen molar-refractivity contribution in [2.24, 2.45) is 7.05 Å². The van der Waals surface area contributed by atoms with Gasteiger partial charge in [0, 0.05) is 55.6 Å². The Balaban J connectivity index is 1.32. The number of nitrogens with one attached hydrogen (secondary N) is 2. The van der Waals surface area contributed by atoms with Gasteiger partial charge in [-0.25, -0.2) is 13.2 Å². The summed E-state index contributed by atoms with van der Waals surface area (Å²) in [7, 11) is 0.396. The van der Waals surface area contributed by atoms with E-state index in [1.54, 1.807) is 22.1 Å². The SMILES string of the molecule is CN1C=C(c2ccc(-c3ccc4ncc5c(c4c3)n(C3CC4CCC(C3)N4S(C)(=O)=O)c(=O)n5C)cn2)NN1. The monoisotopic (exact) mass is 546 g/mol. The predicted octanol–water partition coefficient (Wildman–Crippen LogP) is 2.33. The van der Waals surface area contributed by atoms with E-state index < -0.39 is 10.0 Å². The number of imidazole rings is 1. The Morgan fingerprint density at radius 2 is 1.69 bits per heavy atom. The molecule has 12 heteroatoms. The van der Waals surface area contributed by atoms with Gasteiger partial charge < -0.3 is 5.43 Å². The lowest BCUT2D eigenvalue weighted by atomic mass is 9.98. The van der Waals surface area contributed by atoms with Crippen molar-refractivity contribution in [2.45, 2.75) is 43.8 Å². The molecule has 4 aromatic rings. The van der Waals surface area contributed by atoms with E-state index in [1.165, 1.54) is 6.26 Å². The summed E-state index contributed by atoms with van der Waals surface area (Å²) in [6.07, 6.45) is 9.77. The zero-order valence-electron chi connectivity index (χ0n) is 22.0. The third-order valence-corrected chi connectivity index (χ3v) is 9.73. The lowest BCUT2D eigenvalue weighted by Crippen LogP contribution is -2.47. The highest BCUT2D eigenvalue weighted by Crippen LogP contribution is 2.43. The number of rotatable bonds is 4. The molecule has 2 bridgehead atoms. The standard InChI is InChI=1S/C27H30N8O3S/c1-32-15-24(30-31-32)23-9-5-17(13-28-23)16-4-8-22-21(10-16)26-25(14-29-22)33(2)27(36)34(26)20-11-18-6-7-19(12-20)35(18)39(3,37)38/h4-5,8-10,13-15,18-20,30-31H,6-7,11-12H2,1-3H3. The van der Waals surface area contributed by atoms with E-state index in [0.717, 1.165) is 57.3 Å². The summed E-state index contributed by atoms with van der Waals surface area (Å²) in [5.41, 5.74) is 12.1. The van der Waals surface area contributed by atoms with Gasteiger partial charge in [-0.05, 0) is 49.4 Å². The van der Waals surface area contributed by atoms with Crippen LogP contribution in [0.2, 0.25) is 0 Å². The third kappa shape index (κ3) is 3.85. The van der Waals surface area contributed by atoms with Crippen LogP contribution in [0.1, 0.15) is 37.4 Å². The number of aryl methyl sites for hydroxylation is 1. The van der Waals surface area contributed by atoms with Gasteiger partial charge in [-0.2, -0.15) is 4.31 Å². The van der Waals surface area contributed by atoms with E-state index in [1.807, 2.05) is 53.3 Å². The van der Waals surface area contributed by atoms with Crippen LogP contribution in [0.3, 0.4) is 0 Å². The van der Waals surface area contributed by atoms with E-state index in [0.29, 0.717) is 12.8 Å². The van der Waals surface area contributed by atoms with Gasteiger partial charge in [0.1, 0.15) is 0 Å². The molecule has 6 heterocycles. The molecule has 2 fully saturated rings. The van der Waals surface area contributed by atoms with Crippen LogP contribution in [-0.2, 0) is 17.1 Å². The van der Waals surface area contributed by atoms with E-state index in [9.17, 15) is 13.2 Å². The van der Waals surface area contributed by atoms with Gasteiger partial charge in [0.05, 0.1) is 40.4 Å². The number of piperidine rings is 1. The average Bonchev–Trinajstić information content (AvgIpc) is 3.56. The average molecular weight is 547 g/mol. The van der Waals surface area contributed by atoms with Gasteiger partial charge in [0.2, 0.25) is 10.0 Å². The molecule has 3 aromatic heterocycles. The zero-order chi connectivity index (χ0) is 27.1. The van der Waals surface area contributed by atoms with Crippen molar-refractivity contribution < 1.29 is 8.42 Å². The summed E-state index contributed by atoms with van der Waals surface area (Å²) >= 11 is 0. The summed E-state index contributed by atoms with van der Waals surface area (Å²) in [5, 5.41) is 2.72. The molecule has 2 N–H and O–H groups in total. The van der Waals surface area contributed by atoms with Crippen LogP contribution in [0.5, 0.6) is 0 Å². The van der Waals surface area contributed by atoms with Gasteiger partial charge in [-0.15, -0.1) is 5.53 Å². The fraction of sp³-hybridized carbons (Fsp3) is 0.370. The Bertz CT molecular complexity index is 1810. The van der Waals surface area contributed by atoms with Gasteiger partial charge in [-0.1, -0.05) is 12.1 Å². The van der Waals surface area contributed by atoms with Crippen LogP contribution in [0.25, 0.3) is 38.8 Å². The van der Waals surface area contributed by atoms with E-state index in [2.05, 4.69) is 27.0 Å². The minimum Gasteiger partial charge on any atom is -0.300 e. The molecule has 3 aliphatic rings. The first-order valence-electron chi connectivity index (χ1n) is 13.1. The highest BCUT2D eigenvalue weighted by molar-refractivity contribution is 7.88. The van der Waals surface area contributed by atoms with E-state index >= 15 is 0 Å². The Labute approximate surface area is 225 Å².